The summed E-state index contributed by atoms with van der Waals surface area (Å²) in [6.07, 6.45) is 3.48. The molecule has 4 heteroatoms. The van der Waals surface area contributed by atoms with E-state index in [1.54, 1.807) is 0 Å². The van der Waals surface area contributed by atoms with Crippen LogP contribution in [0.15, 0.2) is 0 Å². The molecule has 17 heavy (non-hydrogen) atoms. The van der Waals surface area contributed by atoms with Crippen LogP contribution in [0.2, 0.25) is 0 Å². The van der Waals surface area contributed by atoms with Crippen molar-refractivity contribution in [2.75, 3.05) is 39.8 Å². The van der Waals surface area contributed by atoms with Crippen LogP contribution in [-0.4, -0.2) is 61.5 Å². The Hall–Kier alpha value is -0.610. The molecule has 1 amide bonds. The molecule has 4 nitrogen and oxygen atoms in total. The highest BCUT2D eigenvalue weighted by Gasteiger charge is 2.31. The van der Waals surface area contributed by atoms with Crippen molar-refractivity contribution in [3.05, 3.63) is 0 Å². The first-order valence-corrected chi connectivity index (χ1v) is 6.89. The van der Waals surface area contributed by atoms with Crippen molar-refractivity contribution >= 4 is 5.91 Å². The second-order valence-corrected chi connectivity index (χ2v) is 5.53. The fourth-order valence-electron chi connectivity index (χ4n) is 2.84. The van der Waals surface area contributed by atoms with Crippen molar-refractivity contribution in [3.8, 4) is 0 Å². The number of piperidine rings is 1. The van der Waals surface area contributed by atoms with Gasteiger partial charge in [-0.05, 0) is 45.3 Å². The molecule has 2 aliphatic heterocycles. The first kappa shape index (κ1) is 12.8. The first-order valence-electron chi connectivity index (χ1n) is 6.89. The Labute approximate surface area is 104 Å². The van der Waals surface area contributed by atoms with Crippen LogP contribution in [0.1, 0.15) is 26.2 Å². The van der Waals surface area contributed by atoms with E-state index in [0.717, 1.165) is 39.1 Å². The second kappa shape index (κ2) is 5.83. The van der Waals surface area contributed by atoms with Crippen LogP contribution in [0.4, 0.5) is 0 Å². The molecule has 2 aliphatic rings. The SMILES string of the molecule is CC1CCCNC1C(=O)N1CCCN(C)CC1. The van der Waals surface area contributed by atoms with Crippen LogP contribution < -0.4 is 5.32 Å². The van der Waals surface area contributed by atoms with E-state index in [0.29, 0.717) is 11.8 Å². The molecule has 0 aromatic carbocycles. The van der Waals surface area contributed by atoms with Crippen molar-refractivity contribution in [2.45, 2.75) is 32.2 Å². The zero-order chi connectivity index (χ0) is 12.3. The van der Waals surface area contributed by atoms with Gasteiger partial charge in [-0.3, -0.25) is 4.79 Å². The summed E-state index contributed by atoms with van der Waals surface area (Å²) >= 11 is 0. The molecule has 0 bridgehead atoms. The summed E-state index contributed by atoms with van der Waals surface area (Å²) < 4.78 is 0. The average molecular weight is 239 g/mol. The van der Waals surface area contributed by atoms with Crippen LogP contribution in [0.5, 0.6) is 0 Å². The van der Waals surface area contributed by atoms with Gasteiger partial charge in [0.15, 0.2) is 0 Å². The number of carbonyl (C=O) groups is 1. The highest BCUT2D eigenvalue weighted by Crippen LogP contribution is 2.18. The number of rotatable bonds is 1. The molecule has 1 N–H and O–H groups in total. The summed E-state index contributed by atoms with van der Waals surface area (Å²) in [5, 5.41) is 3.39. The molecule has 98 valence electrons. The number of likely N-dealkylation sites (N-methyl/N-ethyl adjacent to an activating group) is 1. The van der Waals surface area contributed by atoms with Crippen molar-refractivity contribution in [2.24, 2.45) is 5.92 Å². The van der Waals surface area contributed by atoms with Gasteiger partial charge < -0.3 is 15.1 Å². The molecule has 2 fully saturated rings. The predicted octanol–water partition coefficient (Wildman–Crippen LogP) is 0.539. The summed E-state index contributed by atoms with van der Waals surface area (Å²) in [6.45, 7) is 7.12. The predicted molar refractivity (Wildman–Crippen MR) is 68.9 cm³/mol. The van der Waals surface area contributed by atoms with E-state index < -0.39 is 0 Å². The van der Waals surface area contributed by atoms with Gasteiger partial charge in [0.25, 0.3) is 0 Å². The molecule has 2 unspecified atom stereocenters. The van der Waals surface area contributed by atoms with E-state index in [4.69, 9.17) is 0 Å². The molecule has 0 aromatic rings. The van der Waals surface area contributed by atoms with Crippen LogP contribution in [0, 0.1) is 5.92 Å². The quantitative estimate of drug-likeness (QED) is 0.725. The molecule has 2 rings (SSSR count). The maximum Gasteiger partial charge on any atom is 0.240 e. The third kappa shape index (κ3) is 3.19. The number of hydrogen-bond donors (Lipinski definition) is 1. The van der Waals surface area contributed by atoms with Gasteiger partial charge in [0.1, 0.15) is 0 Å². The first-order chi connectivity index (χ1) is 8.18. The lowest BCUT2D eigenvalue weighted by atomic mass is 9.92. The molecule has 0 aliphatic carbocycles. The van der Waals surface area contributed by atoms with Gasteiger partial charge in [-0.2, -0.15) is 0 Å². The minimum Gasteiger partial charge on any atom is -0.340 e. The standard InChI is InChI=1S/C13H25N3O/c1-11-5-3-6-14-12(11)13(17)16-8-4-7-15(2)9-10-16/h11-12,14H,3-10H2,1-2H3. The largest absolute Gasteiger partial charge is 0.340 e. The van der Waals surface area contributed by atoms with Crippen LogP contribution in [0.25, 0.3) is 0 Å². The van der Waals surface area contributed by atoms with E-state index in [-0.39, 0.29) is 6.04 Å². The third-order valence-electron chi connectivity index (χ3n) is 4.07. The Morgan fingerprint density at radius 3 is 2.76 bits per heavy atom. The minimum atomic E-state index is 0.0622. The molecular weight excluding hydrogens is 214 g/mol. The Kier molecular flexibility index (Phi) is 4.40. The number of nitrogens with zero attached hydrogens (tertiary/aromatic N) is 2. The fourth-order valence-corrected chi connectivity index (χ4v) is 2.84. The van der Waals surface area contributed by atoms with Crippen LogP contribution in [-0.2, 0) is 4.79 Å². The third-order valence-corrected chi connectivity index (χ3v) is 4.07. The summed E-state index contributed by atoms with van der Waals surface area (Å²) in [5.74, 6) is 0.810. The van der Waals surface area contributed by atoms with Crippen molar-refractivity contribution in [3.63, 3.8) is 0 Å². The lowest BCUT2D eigenvalue weighted by molar-refractivity contribution is -0.135. The van der Waals surface area contributed by atoms with E-state index in [9.17, 15) is 4.79 Å². The van der Waals surface area contributed by atoms with Crippen molar-refractivity contribution in [1.29, 1.82) is 0 Å². The van der Waals surface area contributed by atoms with Crippen LogP contribution >= 0.6 is 0 Å². The van der Waals surface area contributed by atoms with E-state index in [1.165, 1.54) is 12.8 Å². The molecule has 2 atom stereocenters. The Balaban J connectivity index is 1.93. The smallest absolute Gasteiger partial charge is 0.240 e. The van der Waals surface area contributed by atoms with E-state index >= 15 is 0 Å². The number of carbonyl (C=O) groups excluding carboxylic acids is 1. The molecule has 0 aromatic heterocycles. The fraction of sp³-hybridized carbons (Fsp3) is 0.923. The van der Waals surface area contributed by atoms with Gasteiger partial charge in [-0.25, -0.2) is 0 Å². The number of amides is 1. The van der Waals surface area contributed by atoms with Gasteiger partial charge in [0, 0.05) is 19.6 Å². The highest BCUT2D eigenvalue weighted by atomic mass is 16.2. The Morgan fingerprint density at radius 1 is 1.18 bits per heavy atom. The zero-order valence-corrected chi connectivity index (χ0v) is 11.1. The summed E-state index contributed by atoms with van der Waals surface area (Å²) in [7, 11) is 2.13. The summed E-state index contributed by atoms with van der Waals surface area (Å²) in [5.41, 5.74) is 0. The second-order valence-electron chi connectivity index (χ2n) is 5.53. The normalized spacial score (nSPS) is 32.2. The average Bonchev–Trinajstić information content (AvgIpc) is 2.54. The molecule has 0 saturated carbocycles. The van der Waals surface area contributed by atoms with Crippen molar-refractivity contribution in [1.82, 2.24) is 15.1 Å². The zero-order valence-electron chi connectivity index (χ0n) is 11.1. The molecular formula is C13H25N3O. The topological polar surface area (TPSA) is 35.6 Å². The van der Waals surface area contributed by atoms with Crippen LogP contribution in [0.3, 0.4) is 0 Å². The van der Waals surface area contributed by atoms with Gasteiger partial charge in [0.05, 0.1) is 6.04 Å². The van der Waals surface area contributed by atoms with Gasteiger partial charge >= 0.3 is 0 Å². The monoisotopic (exact) mass is 239 g/mol. The summed E-state index contributed by atoms with van der Waals surface area (Å²) in [4.78, 5) is 16.8. The van der Waals surface area contributed by atoms with E-state index in [1.807, 2.05) is 0 Å². The maximum absolute atomic E-state index is 12.5. The van der Waals surface area contributed by atoms with Gasteiger partial charge in [-0.1, -0.05) is 6.92 Å². The minimum absolute atomic E-state index is 0.0622. The molecule has 0 radical (unpaired) electrons. The Morgan fingerprint density at radius 2 is 2.00 bits per heavy atom. The van der Waals surface area contributed by atoms with E-state index in [2.05, 4.69) is 29.1 Å². The molecule has 2 saturated heterocycles. The Bertz CT molecular complexity index is 269. The molecule has 0 spiro atoms. The number of hydrogen-bond acceptors (Lipinski definition) is 3. The maximum atomic E-state index is 12.5. The highest BCUT2D eigenvalue weighted by molar-refractivity contribution is 5.82. The number of nitrogens with one attached hydrogen (secondary N) is 1. The lowest BCUT2D eigenvalue weighted by Crippen LogP contribution is -2.52. The lowest BCUT2D eigenvalue weighted by Gasteiger charge is -2.33. The van der Waals surface area contributed by atoms with Gasteiger partial charge in [-0.15, -0.1) is 0 Å². The summed E-state index contributed by atoms with van der Waals surface area (Å²) in [6, 6.07) is 0.0622. The molecule has 2 heterocycles. The van der Waals surface area contributed by atoms with Crippen molar-refractivity contribution < 1.29 is 4.79 Å². The van der Waals surface area contributed by atoms with Gasteiger partial charge in [0.2, 0.25) is 5.91 Å².